The average Bonchev–Trinajstić information content (AvgIpc) is 2.04. The Morgan fingerprint density at radius 3 is 2.69 bits per heavy atom. The summed E-state index contributed by atoms with van der Waals surface area (Å²) < 4.78 is 0. The zero-order valence-corrected chi connectivity index (χ0v) is 8.16. The average molecular weight is 184 g/mol. The summed E-state index contributed by atoms with van der Waals surface area (Å²) >= 11 is 0. The Morgan fingerprint density at radius 1 is 1.69 bits per heavy atom. The Hall–Kier alpha value is -1.08. The molecule has 0 radical (unpaired) electrons. The first-order valence-corrected chi connectivity index (χ1v) is 4.44. The van der Waals surface area contributed by atoms with Gasteiger partial charge in [0.2, 0.25) is 0 Å². The fraction of sp³-hybridized carbons (Fsp3) is 0.778. The molecule has 0 aromatic heterocycles. The van der Waals surface area contributed by atoms with Gasteiger partial charge in [0.25, 0.3) is 0 Å². The van der Waals surface area contributed by atoms with Gasteiger partial charge < -0.3 is 5.11 Å². The van der Waals surface area contributed by atoms with E-state index in [4.69, 9.17) is 10.4 Å². The molecule has 13 heavy (non-hydrogen) atoms. The molecule has 74 valence electrons. The minimum Gasteiger partial charge on any atom is -0.481 e. The molecule has 4 heteroatoms. The molecule has 0 amide bonds. The van der Waals surface area contributed by atoms with Crippen molar-refractivity contribution in [3.63, 3.8) is 0 Å². The first kappa shape index (κ1) is 11.9. The molecule has 0 saturated carbocycles. The first-order chi connectivity index (χ1) is 6.11. The monoisotopic (exact) mass is 184 g/mol. The second-order valence-electron chi connectivity index (χ2n) is 2.98. The number of aliphatic carboxylic acids is 1. The molecular formula is C9H16N2O2. The van der Waals surface area contributed by atoms with Crippen LogP contribution in [0.4, 0.5) is 0 Å². The fourth-order valence-electron chi connectivity index (χ4n) is 1.27. The summed E-state index contributed by atoms with van der Waals surface area (Å²) in [6.07, 6.45) is 0.594. The molecule has 0 bridgehead atoms. The Labute approximate surface area is 78.8 Å². The van der Waals surface area contributed by atoms with Crippen molar-refractivity contribution < 1.29 is 9.90 Å². The van der Waals surface area contributed by atoms with Gasteiger partial charge in [0.05, 0.1) is 12.5 Å². The summed E-state index contributed by atoms with van der Waals surface area (Å²) in [4.78, 5) is 12.4. The third-order valence-electron chi connectivity index (χ3n) is 2.01. The Bertz CT molecular complexity index is 198. The SMILES string of the molecule is CCN(CCC#N)C(C)CC(=O)O. The maximum absolute atomic E-state index is 10.4. The number of carboxylic acid groups (broad SMARTS) is 1. The zero-order chi connectivity index (χ0) is 10.3. The Kier molecular flexibility index (Phi) is 5.90. The first-order valence-electron chi connectivity index (χ1n) is 4.44. The van der Waals surface area contributed by atoms with Crippen LogP contribution in [0.5, 0.6) is 0 Å². The summed E-state index contributed by atoms with van der Waals surface area (Å²) in [5, 5.41) is 16.9. The second-order valence-corrected chi connectivity index (χ2v) is 2.98. The van der Waals surface area contributed by atoms with Gasteiger partial charge in [-0.3, -0.25) is 9.69 Å². The molecule has 1 atom stereocenters. The number of hydrogen-bond acceptors (Lipinski definition) is 3. The van der Waals surface area contributed by atoms with Gasteiger partial charge in [0.1, 0.15) is 0 Å². The maximum atomic E-state index is 10.4. The minimum absolute atomic E-state index is 0.0100. The van der Waals surface area contributed by atoms with Crippen LogP contribution < -0.4 is 0 Å². The Balaban J connectivity index is 3.92. The standard InChI is InChI=1S/C9H16N2O2/c1-3-11(6-4-5-10)8(2)7-9(12)13/h8H,3-4,6-7H2,1-2H3,(H,12,13). The largest absolute Gasteiger partial charge is 0.481 e. The van der Waals surface area contributed by atoms with E-state index in [0.29, 0.717) is 13.0 Å². The lowest BCUT2D eigenvalue weighted by Crippen LogP contribution is -2.35. The highest BCUT2D eigenvalue weighted by Gasteiger charge is 2.14. The van der Waals surface area contributed by atoms with E-state index in [2.05, 4.69) is 6.07 Å². The molecular weight excluding hydrogens is 168 g/mol. The molecule has 0 aliphatic rings. The van der Waals surface area contributed by atoms with Gasteiger partial charge >= 0.3 is 5.97 Å². The van der Waals surface area contributed by atoms with Crippen LogP contribution in [-0.4, -0.2) is 35.1 Å². The molecule has 4 nitrogen and oxygen atoms in total. The van der Waals surface area contributed by atoms with Gasteiger partial charge in [-0.2, -0.15) is 5.26 Å². The molecule has 0 aromatic carbocycles. The van der Waals surface area contributed by atoms with Gasteiger partial charge in [-0.05, 0) is 13.5 Å². The highest BCUT2D eigenvalue weighted by molar-refractivity contribution is 5.67. The molecule has 1 N–H and O–H groups in total. The second kappa shape index (κ2) is 6.44. The van der Waals surface area contributed by atoms with Crippen LogP contribution in [0.2, 0.25) is 0 Å². The van der Waals surface area contributed by atoms with Crippen molar-refractivity contribution in [1.82, 2.24) is 4.90 Å². The van der Waals surface area contributed by atoms with Crippen molar-refractivity contribution in [3.8, 4) is 6.07 Å². The lowest BCUT2D eigenvalue weighted by Gasteiger charge is -2.25. The normalized spacial score (nSPS) is 12.5. The molecule has 0 aliphatic heterocycles. The maximum Gasteiger partial charge on any atom is 0.304 e. The van der Waals surface area contributed by atoms with E-state index in [0.717, 1.165) is 6.54 Å². The number of carboxylic acids is 1. The van der Waals surface area contributed by atoms with Gasteiger partial charge in [-0.25, -0.2) is 0 Å². The van der Waals surface area contributed by atoms with Gasteiger partial charge in [-0.1, -0.05) is 6.92 Å². The van der Waals surface area contributed by atoms with Crippen LogP contribution >= 0.6 is 0 Å². The van der Waals surface area contributed by atoms with E-state index in [-0.39, 0.29) is 12.5 Å². The number of carbonyl (C=O) groups is 1. The van der Waals surface area contributed by atoms with Gasteiger partial charge in [-0.15, -0.1) is 0 Å². The Morgan fingerprint density at radius 2 is 2.31 bits per heavy atom. The van der Waals surface area contributed by atoms with Crippen LogP contribution in [0, 0.1) is 11.3 Å². The van der Waals surface area contributed by atoms with Crippen molar-refractivity contribution >= 4 is 5.97 Å². The lowest BCUT2D eigenvalue weighted by molar-refractivity contribution is -0.138. The minimum atomic E-state index is -0.789. The van der Waals surface area contributed by atoms with Crippen molar-refractivity contribution in [1.29, 1.82) is 5.26 Å². The molecule has 0 spiro atoms. The number of nitriles is 1. The van der Waals surface area contributed by atoms with Crippen LogP contribution in [0.3, 0.4) is 0 Å². The summed E-state index contributed by atoms with van der Waals surface area (Å²) in [6, 6.07) is 2.06. The fourth-order valence-corrected chi connectivity index (χ4v) is 1.27. The highest BCUT2D eigenvalue weighted by Crippen LogP contribution is 2.03. The smallest absolute Gasteiger partial charge is 0.304 e. The summed E-state index contributed by atoms with van der Waals surface area (Å²) in [5.74, 6) is -0.789. The molecule has 1 unspecified atom stereocenters. The van der Waals surface area contributed by atoms with Gasteiger partial charge in [0, 0.05) is 19.0 Å². The van der Waals surface area contributed by atoms with E-state index in [1.807, 2.05) is 18.7 Å². The van der Waals surface area contributed by atoms with Gasteiger partial charge in [0.15, 0.2) is 0 Å². The zero-order valence-electron chi connectivity index (χ0n) is 8.16. The van der Waals surface area contributed by atoms with E-state index >= 15 is 0 Å². The topological polar surface area (TPSA) is 64.3 Å². The van der Waals surface area contributed by atoms with Crippen molar-refractivity contribution in [2.24, 2.45) is 0 Å². The van der Waals surface area contributed by atoms with Crippen LogP contribution in [0.1, 0.15) is 26.7 Å². The van der Waals surface area contributed by atoms with Crippen LogP contribution in [0.25, 0.3) is 0 Å². The lowest BCUT2D eigenvalue weighted by atomic mass is 10.2. The molecule has 0 aromatic rings. The van der Waals surface area contributed by atoms with E-state index < -0.39 is 5.97 Å². The van der Waals surface area contributed by atoms with Crippen molar-refractivity contribution in [2.75, 3.05) is 13.1 Å². The molecule has 0 fully saturated rings. The molecule has 0 saturated heterocycles. The van der Waals surface area contributed by atoms with Crippen LogP contribution in [-0.2, 0) is 4.79 Å². The van der Waals surface area contributed by atoms with Crippen molar-refractivity contribution in [2.45, 2.75) is 32.7 Å². The number of rotatable bonds is 6. The molecule has 0 heterocycles. The third-order valence-corrected chi connectivity index (χ3v) is 2.01. The van der Waals surface area contributed by atoms with Crippen molar-refractivity contribution in [3.05, 3.63) is 0 Å². The van der Waals surface area contributed by atoms with Crippen LogP contribution in [0.15, 0.2) is 0 Å². The summed E-state index contributed by atoms with van der Waals surface area (Å²) in [7, 11) is 0. The molecule has 0 aliphatic carbocycles. The number of hydrogen-bond donors (Lipinski definition) is 1. The predicted molar refractivity (Wildman–Crippen MR) is 49.2 cm³/mol. The van der Waals surface area contributed by atoms with E-state index in [1.54, 1.807) is 0 Å². The third kappa shape index (κ3) is 5.21. The predicted octanol–water partition coefficient (Wildman–Crippen LogP) is 1.09. The van der Waals surface area contributed by atoms with E-state index in [1.165, 1.54) is 0 Å². The summed E-state index contributed by atoms with van der Waals surface area (Å²) in [5.41, 5.74) is 0. The summed E-state index contributed by atoms with van der Waals surface area (Å²) in [6.45, 7) is 5.28. The quantitative estimate of drug-likeness (QED) is 0.671. The highest BCUT2D eigenvalue weighted by atomic mass is 16.4. The molecule has 0 rings (SSSR count). The number of nitrogens with zero attached hydrogens (tertiary/aromatic N) is 2. The van der Waals surface area contributed by atoms with E-state index in [9.17, 15) is 4.79 Å².